The Morgan fingerprint density at radius 2 is 1.65 bits per heavy atom. The van der Waals surface area contributed by atoms with Crippen molar-refractivity contribution in [3.05, 3.63) is 106 Å². The molecule has 0 radical (unpaired) electrons. The molecule has 186 valence electrons. The normalized spacial score (nSPS) is 10.7. The van der Waals surface area contributed by atoms with Crippen molar-refractivity contribution in [2.75, 3.05) is 13.7 Å². The van der Waals surface area contributed by atoms with Gasteiger partial charge in [0.25, 0.3) is 11.6 Å². The van der Waals surface area contributed by atoms with Crippen molar-refractivity contribution in [1.29, 1.82) is 0 Å². The Morgan fingerprint density at radius 1 is 0.946 bits per heavy atom. The lowest BCUT2D eigenvalue weighted by Gasteiger charge is -2.11. The van der Waals surface area contributed by atoms with E-state index in [0.29, 0.717) is 22.6 Å². The Hall–Kier alpha value is -5.25. The smallest absolute Gasteiger partial charge is 0.343 e. The summed E-state index contributed by atoms with van der Waals surface area (Å²) in [5, 5.41) is 16.4. The predicted molar refractivity (Wildman–Crippen MR) is 136 cm³/mol. The number of benzene rings is 4. The highest BCUT2D eigenvalue weighted by molar-refractivity contribution is 6.04. The summed E-state index contributed by atoms with van der Waals surface area (Å²) < 4.78 is 16.1. The number of nitrogens with one attached hydrogen (secondary N) is 1. The van der Waals surface area contributed by atoms with Crippen molar-refractivity contribution in [1.82, 2.24) is 5.43 Å². The van der Waals surface area contributed by atoms with Gasteiger partial charge in [-0.1, -0.05) is 30.3 Å². The van der Waals surface area contributed by atoms with Crippen LogP contribution in [0.3, 0.4) is 0 Å². The van der Waals surface area contributed by atoms with E-state index in [4.69, 9.17) is 14.2 Å². The van der Waals surface area contributed by atoms with Crippen LogP contribution in [0.4, 0.5) is 5.69 Å². The van der Waals surface area contributed by atoms with Crippen molar-refractivity contribution in [3.8, 4) is 17.2 Å². The molecule has 0 atom stereocenters. The minimum absolute atomic E-state index is 0.0833. The lowest BCUT2D eigenvalue weighted by Crippen LogP contribution is -2.24. The standard InChI is InChI=1S/C27H21N3O7/c1-35-21-11-6-19(7-12-21)27(32)37-25-15-8-18-4-2-3-5-23(18)24(25)16-28-29-26(31)17-36-22-13-9-20(10-14-22)30(33)34/h2-16H,17H2,1H3,(H,29,31)/b28-16+. The summed E-state index contributed by atoms with van der Waals surface area (Å²) in [4.78, 5) is 35.1. The first-order chi connectivity index (χ1) is 17.9. The number of non-ortho nitro benzene ring substituents is 1. The van der Waals surface area contributed by atoms with Gasteiger partial charge >= 0.3 is 5.97 Å². The number of ether oxygens (including phenoxy) is 3. The molecule has 4 aromatic carbocycles. The molecule has 4 aromatic rings. The molecule has 0 saturated heterocycles. The van der Waals surface area contributed by atoms with E-state index in [-0.39, 0.29) is 18.0 Å². The largest absolute Gasteiger partial charge is 0.497 e. The average molecular weight is 499 g/mol. The number of hydrogen-bond donors (Lipinski definition) is 1. The summed E-state index contributed by atoms with van der Waals surface area (Å²) in [5.74, 6) is 0.0641. The van der Waals surface area contributed by atoms with Gasteiger partial charge in [-0.15, -0.1) is 0 Å². The van der Waals surface area contributed by atoms with Gasteiger partial charge in [-0.05, 0) is 53.2 Å². The highest BCUT2D eigenvalue weighted by atomic mass is 16.6. The number of carbonyl (C=O) groups excluding carboxylic acids is 2. The van der Waals surface area contributed by atoms with E-state index in [1.807, 2.05) is 30.3 Å². The molecule has 0 aliphatic heterocycles. The highest BCUT2D eigenvalue weighted by Crippen LogP contribution is 2.27. The molecule has 0 spiro atoms. The minimum Gasteiger partial charge on any atom is -0.497 e. The molecule has 0 bridgehead atoms. The quantitative estimate of drug-likeness (QED) is 0.118. The lowest BCUT2D eigenvalue weighted by atomic mass is 10.0. The number of amides is 1. The third-order valence-electron chi connectivity index (χ3n) is 5.26. The van der Waals surface area contributed by atoms with E-state index in [1.165, 1.54) is 37.6 Å². The number of fused-ring (bicyclic) bond motifs is 1. The van der Waals surface area contributed by atoms with Crippen LogP contribution in [0.15, 0.2) is 90.0 Å². The van der Waals surface area contributed by atoms with E-state index in [9.17, 15) is 19.7 Å². The van der Waals surface area contributed by atoms with Crippen LogP contribution >= 0.6 is 0 Å². The van der Waals surface area contributed by atoms with Gasteiger partial charge in [0, 0.05) is 17.7 Å². The Bertz CT molecular complexity index is 1470. The number of rotatable bonds is 9. The van der Waals surface area contributed by atoms with Crippen LogP contribution in [0, 0.1) is 10.1 Å². The Morgan fingerprint density at radius 3 is 2.35 bits per heavy atom. The summed E-state index contributed by atoms with van der Waals surface area (Å²) in [5.41, 5.74) is 3.12. The second-order valence-electron chi connectivity index (χ2n) is 7.65. The van der Waals surface area contributed by atoms with E-state index in [2.05, 4.69) is 10.5 Å². The predicted octanol–water partition coefficient (Wildman–Crippen LogP) is 4.50. The SMILES string of the molecule is COc1ccc(C(=O)Oc2ccc3ccccc3c2/C=N/NC(=O)COc2ccc([N+](=O)[O-])cc2)cc1. The maximum absolute atomic E-state index is 12.7. The van der Waals surface area contributed by atoms with E-state index < -0.39 is 16.8 Å². The van der Waals surface area contributed by atoms with Crippen molar-refractivity contribution in [2.24, 2.45) is 5.10 Å². The Kier molecular flexibility index (Phi) is 7.69. The topological polar surface area (TPSA) is 129 Å². The summed E-state index contributed by atoms with van der Waals surface area (Å²) in [7, 11) is 1.54. The first-order valence-electron chi connectivity index (χ1n) is 11.0. The summed E-state index contributed by atoms with van der Waals surface area (Å²) >= 11 is 0. The number of nitrogens with zero attached hydrogens (tertiary/aromatic N) is 2. The molecule has 10 heteroatoms. The molecule has 0 aromatic heterocycles. The molecule has 0 aliphatic rings. The van der Waals surface area contributed by atoms with Gasteiger partial charge in [-0.25, -0.2) is 10.2 Å². The van der Waals surface area contributed by atoms with E-state index in [1.54, 1.807) is 30.3 Å². The maximum Gasteiger partial charge on any atom is 0.343 e. The fraction of sp³-hybridized carbons (Fsp3) is 0.0741. The van der Waals surface area contributed by atoms with Gasteiger partial charge in [0.05, 0.1) is 23.8 Å². The fourth-order valence-electron chi connectivity index (χ4n) is 3.40. The number of methoxy groups -OCH3 is 1. The number of hydrazone groups is 1. The van der Waals surface area contributed by atoms with Gasteiger partial charge in [0.1, 0.15) is 17.2 Å². The van der Waals surface area contributed by atoms with Crippen LogP contribution < -0.4 is 19.6 Å². The first-order valence-corrected chi connectivity index (χ1v) is 11.0. The van der Waals surface area contributed by atoms with Gasteiger partial charge in [0.15, 0.2) is 6.61 Å². The number of carbonyl (C=O) groups is 2. The summed E-state index contributed by atoms with van der Waals surface area (Å²) in [6.07, 6.45) is 1.39. The third kappa shape index (κ3) is 6.25. The van der Waals surface area contributed by atoms with Crippen LogP contribution in [0.1, 0.15) is 15.9 Å². The summed E-state index contributed by atoms with van der Waals surface area (Å²) in [6, 6.07) is 22.8. The minimum atomic E-state index is -0.562. The van der Waals surface area contributed by atoms with Gasteiger partial charge in [-0.2, -0.15) is 5.10 Å². The second-order valence-corrected chi connectivity index (χ2v) is 7.65. The van der Waals surface area contributed by atoms with Crippen molar-refractivity contribution in [2.45, 2.75) is 0 Å². The van der Waals surface area contributed by atoms with E-state index in [0.717, 1.165) is 10.8 Å². The van der Waals surface area contributed by atoms with Crippen molar-refractivity contribution in [3.63, 3.8) is 0 Å². The molecule has 1 amide bonds. The zero-order valence-electron chi connectivity index (χ0n) is 19.6. The molecule has 0 unspecified atom stereocenters. The van der Waals surface area contributed by atoms with Crippen LogP contribution in [0.5, 0.6) is 17.2 Å². The Labute approximate surface area is 211 Å². The average Bonchev–Trinajstić information content (AvgIpc) is 2.93. The van der Waals surface area contributed by atoms with Crippen molar-refractivity contribution >= 4 is 34.6 Å². The lowest BCUT2D eigenvalue weighted by molar-refractivity contribution is -0.384. The molecule has 0 saturated carbocycles. The molecular weight excluding hydrogens is 478 g/mol. The van der Waals surface area contributed by atoms with Crippen LogP contribution in [0.25, 0.3) is 10.8 Å². The number of esters is 1. The highest BCUT2D eigenvalue weighted by Gasteiger charge is 2.14. The molecule has 0 fully saturated rings. The maximum atomic E-state index is 12.7. The number of nitro benzene ring substituents is 1. The van der Waals surface area contributed by atoms with E-state index >= 15 is 0 Å². The molecular formula is C27H21N3O7. The number of hydrogen-bond acceptors (Lipinski definition) is 8. The van der Waals surface area contributed by atoms with Gasteiger partial charge in [0.2, 0.25) is 0 Å². The monoisotopic (exact) mass is 499 g/mol. The van der Waals surface area contributed by atoms with Crippen molar-refractivity contribution < 1.29 is 28.7 Å². The zero-order chi connectivity index (χ0) is 26.2. The van der Waals surface area contributed by atoms with Gasteiger partial charge in [-0.3, -0.25) is 14.9 Å². The molecule has 0 heterocycles. The molecule has 4 rings (SSSR count). The third-order valence-corrected chi connectivity index (χ3v) is 5.26. The molecule has 37 heavy (non-hydrogen) atoms. The van der Waals surface area contributed by atoms with Crippen LogP contribution in [-0.2, 0) is 4.79 Å². The second kappa shape index (κ2) is 11.5. The van der Waals surface area contributed by atoms with Crippen LogP contribution in [0.2, 0.25) is 0 Å². The Balaban J connectivity index is 1.46. The molecule has 0 aliphatic carbocycles. The fourth-order valence-corrected chi connectivity index (χ4v) is 3.40. The van der Waals surface area contributed by atoms with Crippen LogP contribution in [-0.4, -0.2) is 36.7 Å². The summed E-state index contributed by atoms with van der Waals surface area (Å²) in [6.45, 7) is -0.357. The number of nitro groups is 1. The first kappa shape index (κ1) is 24.9. The zero-order valence-corrected chi connectivity index (χ0v) is 19.6. The van der Waals surface area contributed by atoms with Gasteiger partial charge < -0.3 is 14.2 Å². The molecule has 1 N–H and O–H groups in total. The molecule has 10 nitrogen and oxygen atoms in total.